The zero-order valence-electron chi connectivity index (χ0n) is 13.9. The smallest absolute Gasteiger partial charge is 0.302 e. The Hall–Kier alpha value is -1.79. The largest absolute Gasteiger partial charge is 0.466 e. The van der Waals surface area contributed by atoms with Gasteiger partial charge in [-0.05, 0) is 30.9 Å². The Morgan fingerprint density at radius 2 is 1.92 bits per heavy atom. The van der Waals surface area contributed by atoms with E-state index in [4.69, 9.17) is 32.7 Å². The molecule has 1 saturated carbocycles. The maximum absolute atomic E-state index is 11.5. The van der Waals surface area contributed by atoms with Crippen molar-refractivity contribution >= 4 is 46.2 Å². The normalized spacial score (nSPS) is 23.0. The third-order valence-electron chi connectivity index (χ3n) is 4.38. The van der Waals surface area contributed by atoms with Crippen molar-refractivity contribution in [2.45, 2.75) is 38.8 Å². The van der Waals surface area contributed by atoms with Crippen LogP contribution >= 0.6 is 23.2 Å². The van der Waals surface area contributed by atoms with Gasteiger partial charge in [0.1, 0.15) is 6.10 Å². The van der Waals surface area contributed by atoms with Gasteiger partial charge in [-0.3, -0.25) is 9.59 Å². The van der Waals surface area contributed by atoms with Crippen molar-refractivity contribution in [3.05, 3.63) is 28.5 Å². The van der Waals surface area contributed by atoms with Crippen LogP contribution in [0.15, 0.2) is 18.5 Å². The monoisotopic (exact) mass is 384 g/mol. The van der Waals surface area contributed by atoms with Gasteiger partial charge in [-0.25, -0.2) is 4.98 Å². The van der Waals surface area contributed by atoms with Crippen LogP contribution in [0.5, 0.6) is 0 Å². The van der Waals surface area contributed by atoms with E-state index in [0.717, 1.165) is 11.0 Å². The lowest BCUT2D eigenvalue weighted by molar-refractivity contribution is -0.148. The molecule has 3 atom stereocenters. The molecule has 0 bridgehead atoms. The third kappa shape index (κ3) is 3.90. The number of esters is 2. The van der Waals surface area contributed by atoms with E-state index in [1.807, 2.05) is 4.57 Å². The number of carbonyl (C=O) groups is 2. The van der Waals surface area contributed by atoms with Gasteiger partial charge in [0.25, 0.3) is 0 Å². The Labute approximate surface area is 155 Å². The summed E-state index contributed by atoms with van der Waals surface area (Å²) in [5.74, 6) is -0.547. The molecule has 0 amide bonds. The van der Waals surface area contributed by atoms with Gasteiger partial charge < -0.3 is 14.0 Å². The third-order valence-corrected chi connectivity index (χ3v) is 5.11. The maximum atomic E-state index is 11.5. The van der Waals surface area contributed by atoms with E-state index < -0.39 is 0 Å². The fraction of sp³-hybridized carbons (Fsp3) is 0.471. The van der Waals surface area contributed by atoms with Crippen LogP contribution in [0, 0.1) is 5.92 Å². The number of nitrogens with zero attached hydrogens (tertiary/aromatic N) is 2. The maximum Gasteiger partial charge on any atom is 0.302 e. The van der Waals surface area contributed by atoms with Crippen molar-refractivity contribution in [1.29, 1.82) is 0 Å². The van der Waals surface area contributed by atoms with E-state index >= 15 is 0 Å². The van der Waals surface area contributed by atoms with Crippen molar-refractivity contribution in [1.82, 2.24) is 9.55 Å². The van der Waals surface area contributed by atoms with E-state index in [2.05, 4.69) is 4.98 Å². The van der Waals surface area contributed by atoms with E-state index in [-0.39, 0.29) is 30.0 Å². The van der Waals surface area contributed by atoms with Crippen LogP contribution in [0.4, 0.5) is 0 Å². The number of hydrogen-bond donors (Lipinski definition) is 0. The second-order valence-electron chi connectivity index (χ2n) is 6.26. The molecule has 3 rings (SSSR count). The second-order valence-corrected chi connectivity index (χ2v) is 7.08. The van der Waals surface area contributed by atoms with Crippen LogP contribution < -0.4 is 0 Å². The van der Waals surface area contributed by atoms with Crippen LogP contribution in [-0.2, 0) is 19.1 Å². The second kappa shape index (κ2) is 7.22. The number of ether oxygens (including phenoxy) is 2. The fourth-order valence-corrected chi connectivity index (χ4v) is 3.68. The zero-order valence-corrected chi connectivity index (χ0v) is 15.4. The van der Waals surface area contributed by atoms with Crippen molar-refractivity contribution < 1.29 is 19.1 Å². The lowest BCUT2D eigenvalue weighted by Gasteiger charge is -2.21. The minimum Gasteiger partial charge on any atom is -0.466 e. The summed E-state index contributed by atoms with van der Waals surface area (Å²) in [4.78, 5) is 26.9. The summed E-state index contributed by atoms with van der Waals surface area (Å²) < 4.78 is 12.6. The van der Waals surface area contributed by atoms with Gasteiger partial charge in [0.2, 0.25) is 0 Å². The van der Waals surface area contributed by atoms with Crippen LogP contribution in [0.2, 0.25) is 10.0 Å². The molecule has 1 aromatic heterocycles. The molecule has 0 N–H and O–H groups in total. The highest BCUT2D eigenvalue weighted by molar-refractivity contribution is 6.42. The number of rotatable bonds is 4. The van der Waals surface area contributed by atoms with Gasteiger partial charge in [-0.15, -0.1) is 0 Å². The molecular weight excluding hydrogens is 367 g/mol. The van der Waals surface area contributed by atoms with Crippen molar-refractivity contribution in [2.75, 3.05) is 6.61 Å². The van der Waals surface area contributed by atoms with Gasteiger partial charge in [0.05, 0.1) is 40.1 Å². The summed E-state index contributed by atoms with van der Waals surface area (Å²) in [7, 11) is 0. The lowest BCUT2D eigenvalue weighted by atomic mass is 10.1. The highest BCUT2D eigenvalue weighted by Gasteiger charge is 2.38. The number of imidazole rings is 1. The van der Waals surface area contributed by atoms with Crippen LogP contribution in [0.1, 0.15) is 32.7 Å². The molecule has 0 radical (unpaired) electrons. The van der Waals surface area contributed by atoms with Crippen molar-refractivity contribution in [3.8, 4) is 0 Å². The molecule has 1 aliphatic carbocycles. The molecule has 6 nitrogen and oxygen atoms in total. The summed E-state index contributed by atoms with van der Waals surface area (Å²) >= 11 is 12.2. The molecule has 8 heteroatoms. The van der Waals surface area contributed by atoms with Crippen LogP contribution in [0.25, 0.3) is 11.0 Å². The number of carbonyl (C=O) groups excluding carboxylic acids is 2. The summed E-state index contributed by atoms with van der Waals surface area (Å²) in [6, 6.07) is 3.37. The molecule has 0 aliphatic heterocycles. The number of benzene rings is 1. The van der Waals surface area contributed by atoms with Gasteiger partial charge >= 0.3 is 11.9 Å². The first-order valence-corrected chi connectivity index (χ1v) is 8.73. The molecule has 2 unspecified atom stereocenters. The zero-order chi connectivity index (χ0) is 18.1. The Morgan fingerprint density at radius 1 is 1.20 bits per heavy atom. The molecular formula is C17H18Cl2N2O4. The summed E-state index contributed by atoms with van der Waals surface area (Å²) in [6.45, 7) is 3.08. The first-order valence-electron chi connectivity index (χ1n) is 7.97. The summed E-state index contributed by atoms with van der Waals surface area (Å²) in [5, 5.41) is 0.879. The molecule has 0 saturated heterocycles. The lowest BCUT2D eigenvalue weighted by Crippen LogP contribution is -2.23. The van der Waals surface area contributed by atoms with Gasteiger partial charge in [-0.2, -0.15) is 0 Å². The Kier molecular flexibility index (Phi) is 5.20. The topological polar surface area (TPSA) is 70.4 Å². The molecule has 1 heterocycles. The fourth-order valence-electron chi connectivity index (χ4n) is 3.37. The van der Waals surface area contributed by atoms with Gasteiger partial charge in [0, 0.05) is 13.8 Å². The molecule has 1 aliphatic rings. The molecule has 25 heavy (non-hydrogen) atoms. The quantitative estimate of drug-likeness (QED) is 0.749. The molecule has 2 aromatic rings. The van der Waals surface area contributed by atoms with Crippen LogP contribution in [-0.4, -0.2) is 34.2 Å². The van der Waals surface area contributed by atoms with Crippen molar-refractivity contribution in [2.24, 2.45) is 5.92 Å². The Balaban J connectivity index is 1.91. The molecule has 1 aromatic carbocycles. The molecule has 0 spiro atoms. The van der Waals surface area contributed by atoms with Gasteiger partial charge in [-0.1, -0.05) is 23.2 Å². The van der Waals surface area contributed by atoms with E-state index in [1.54, 1.807) is 18.5 Å². The Bertz CT molecular complexity index is 820. The summed E-state index contributed by atoms with van der Waals surface area (Å²) in [5.41, 5.74) is 1.55. The number of aromatic nitrogens is 2. The first kappa shape index (κ1) is 18.0. The van der Waals surface area contributed by atoms with E-state index in [1.165, 1.54) is 13.8 Å². The van der Waals surface area contributed by atoms with Crippen LogP contribution in [0.3, 0.4) is 0 Å². The number of halogens is 2. The predicted octanol–water partition coefficient (Wildman–Crippen LogP) is 3.79. The predicted molar refractivity (Wildman–Crippen MR) is 93.7 cm³/mol. The van der Waals surface area contributed by atoms with Crippen molar-refractivity contribution in [3.63, 3.8) is 0 Å². The first-order chi connectivity index (χ1) is 11.8. The molecule has 134 valence electrons. The van der Waals surface area contributed by atoms with E-state index in [9.17, 15) is 9.59 Å². The van der Waals surface area contributed by atoms with Gasteiger partial charge in [0.15, 0.2) is 0 Å². The number of hydrogen-bond acceptors (Lipinski definition) is 5. The number of fused-ring (bicyclic) bond motifs is 1. The SMILES string of the molecule is CC(=O)OC[C@@H]1CC(OC(C)=O)C(n2cnc3cc(Cl)c(Cl)cc32)C1. The Morgan fingerprint density at radius 3 is 2.60 bits per heavy atom. The summed E-state index contributed by atoms with van der Waals surface area (Å²) in [6.07, 6.45) is 2.72. The average molecular weight is 385 g/mol. The minimum atomic E-state index is -0.339. The highest BCUT2D eigenvalue weighted by atomic mass is 35.5. The average Bonchev–Trinajstić information content (AvgIpc) is 3.09. The highest BCUT2D eigenvalue weighted by Crippen LogP contribution is 2.39. The molecule has 1 fully saturated rings. The standard InChI is InChI=1S/C17H18Cl2N2O4/c1-9(22)24-7-11-3-16(17(4-11)25-10(2)23)21-8-20-14-5-12(18)13(19)6-15(14)21/h5-6,8,11,16-17H,3-4,7H2,1-2H3/t11-,16?,17?/m0/s1. The minimum absolute atomic E-state index is 0.105. The van der Waals surface area contributed by atoms with E-state index in [0.29, 0.717) is 29.5 Å².